The number of nitrogens with one attached hydrogen (secondary N) is 1. The Hall–Kier alpha value is -1.62. The summed E-state index contributed by atoms with van der Waals surface area (Å²) in [5, 5.41) is 0. The number of hydrogen-bond donors (Lipinski definition) is 2. The van der Waals surface area contributed by atoms with Gasteiger partial charge in [0.05, 0.1) is 0 Å². The van der Waals surface area contributed by atoms with Gasteiger partial charge < -0.3 is 15.6 Å². The number of amides is 1. The van der Waals surface area contributed by atoms with Gasteiger partial charge in [-0.1, -0.05) is 6.92 Å². The molecule has 2 atom stereocenters. The number of rotatable bonds is 3. The number of carbonyl (C=O) groups excluding carboxylic acids is 1. The van der Waals surface area contributed by atoms with Crippen LogP contribution in [0.2, 0.25) is 0 Å². The number of aromatic amines is 1. The van der Waals surface area contributed by atoms with Crippen molar-refractivity contribution in [3.8, 4) is 0 Å². The van der Waals surface area contributed by atoms with E-state index < -0.39 is 0 Å². The van der Waals surface area contributed by atoms with E-state index in [4.69, 9.17) is 5.73 Å². The highest BCUT2D eigenvalue weighted by atomic mass is 16.2. The standard InChI is InChI=1S/C15H21N3O2/c1-2-11-5-10(6-14(19)17-11)15(20)18-7-12(9-3-4-9)13(16)8-18/h5-6,9,12-13H,2-4,7-8,16H2,1H3,(H,17,19)/t12-,13+/m0/s1. The van der Waals surface area contributed by atoms with Gasteiger partial charge in [0.25, 0.3) is 5.91 Å². The van der Waals surface area contributed by atoms with Gasteiger partial charge in [-0.05, 0) is 37.2 Å². The minimum Gasteiger partial charge on any atom is -0.337 e. The molecule has 0 radical (unpaired) electrons. The molecule has 1 aromatic rings. The summed E-state index contributed by atoms with van der Waals surface area (Å²) in [5.41, 5.74) is 7.21. The lowest BCUT2D eigenvalue weighted by Gasteiger charge is -2.16. The maximum atomic E-state index is 12.5. The number of H-pyrrole nitrogens is 1. The molecule has 5 heteroatoms. The highest BCUT2D eigenvalue weighted by molar-refractivity contribution is 5.94. The molecule has 2 fully saturated rings. The van der Waals surface area contributed by atoms with Crippen LogP contribution >= 0.6 is 0 Å². The van der Waals surface area contributed by atoms with Crippen LogP contribution < -0.4 is 11.3 Å². The van der Waals surface area contributed by atoms with Crippen LogP contribution in [-0.2, 0) is 6.42 Å². The average molecular weight is 275 g/mol. The number of nitrogens with two attached hydrogens (primary N) is 1. The predicted molar refractivity (Wildman–Crippen MR) is 76.5 cm³/mol. The normalized spacial score (nSPS) is 26.0. The molecule has 0 aromatic carbocycles. The third-order valence-corrected chi connectivity index (χ3v) is 4.46. The minimum atomic E-state index is -0.213. The molecule has 5 nitrogen and oxygen atoms in total. The second-order valence-corrected chi connectivity index (χ2v) is 5.99. The predicted octanol–water partition coefficient (Wildman–Crippen LogP) is 0.747. The zero-order chi connectivity index (χ0) is 14.3. The zero-order valence-corrected chi connectivity index (χ0v) is 11.8. The number of pyridine rings is 1. The maximum absolute atomic E-state index is 12.5. The summed E-state index contributed by atoms with van der Waals surface area (Å²) < 4.78 is 0. The van der Waals surface area contributed by atoms with Crippen molar-refractivity contribution in [2.75, 3.05) is 13.1 Å². The number of nitrogens with zero attached hydrogens (tertiary/aromatic N) is 1. The monoisotopic (exact) mass is 275 g/mol. The fourth-order valence-corrected chi connectivity index (χ4v) is 3.14. The first-order valence-electron chi connectivity index (χ1n) is 7.36. The van der Waals surface area contributed by atoms with Gasteiger partial charge in [-0.2, -0.15) is 0 Å². The topological polar surface area (TPSA) is 79.2 Å². The van der Waals surface area contributed by atoms with Crippen molar-refractivity contribution < 1.29 is 4.79 Å². The maximum Gasteiger partial charge on any atom is 0.254 e. The number of carbonyl (C=O) groups is 1. The van der Waals surface area contributed by atoms with Gasteiger partial charge in [-0.3, -0.25) is 9.59 Å². The summed E-state index contributed by atoms with van der Waals surface area (Å²) in [6.45, 7) is 3.29. The lowest BCUT2D eigenvalue weighted by atomic mass is 9.99. The number of aryl methyl sites for hydroxylation is 1. The highest BCUT2D eigenvalue weighted by Gasteiger charge is 2.42. The van der Waals surface area contributed by atoms with Crippen LogP contribution in [0.4, 0.5) is 0 Å². The van der Waals surface area contributed by atoms with E-state index in [0.29, 0.717) is 30.4 Å². The number of likely N-dealkylation sites (tertiary alicyclic amines) is 1. The van der Waals surface area contributed by atoms with Crippen LogP contribution in [0, 0.1) is 11.8 Å². The van der Waals surface area contributed by atoms with E-state index in [1.54, 1.807) is 6.07 Å². The molecule has 0 spiro atoms. The largest absolute Gasteiger partial charge is 0.337 e. The summed E-state index contributed by atoms with van der Waals surface area (Å²) in [6, 6.07) is 3.25. The molecule has 108 valence electrons. The molecular formula is C15H21N3O2. The molecule has 1 saturated carbocycles. The Kier molecular flexibility index (Phi) is 3.38. The fraction of sp³-hybridized carbons (Fsp3) is 0.600. The van der Waals surface area contributed by atoms with E-state index in [-0.39, 0.29) is 17.5 Å². The lowest BCUT2D eigenvalue weighted by Crippen LogP contribution is -2.33. The first-order chi connectivity index (χ1) is 9.58. The number of hydrogen-bond acceptors (Lipinski definition) is 3. The van der Waals surface area contributed by atoms with Crippen LogP contribution in [0.5, 0.6) is 0 Å². The Morgan fingerprint density at radius 3 is 2.80 bits per heavy atom. The van der Waals surface area contributed by atoms with Gasteiger partial charge in [0.1, 0.15) is 0 Å². The Balaban J connectivity index is 1.79. The van der Waals surface area contributed by atoms with Crippen LogP contribution in [0.25, 0.3) is 0 Å². The molecule has 1 aliphatic carbocycles. The summed E-state index contributed by atoms with van der Waals surface area (Å²) in [7, 11) is 0. The summed E-state index contributed by atoms with van der Waals surface area (Å²) >= 11 is 0. The van der Waals surface area contributed by atoms with Crippen molar-refractivity contribution in [3.05, 3.63) is 33.7 Å². The molecule has 1 aromatic heterocycles. The summed E-state index contributed by atoms with van der Waals surface area (Å²) in [6.07, 6.45) is 3.19. The van der Waals surface area contributed by atoms with Crippen LogP contribution in [0.15, 0.2) is 16.9 Å². The quantitative estimate of drug-likeness (QED) is 0.854. The van der Waals surface area contributed by atoms with Crippen molar-refractivity contribution in [3.63, 3.8) is 0 Å². The Morgan fingerprint density at radius 2 is 2.15 bits per heavy atom. The SMILES string of the molecule is CCc1cc(C(=O)N2C[C@@H](N)[C@H](C3CC3)C2)cc(=O)[nH]1. The van der Waals surface area contributed by atoms with E-state index >= 15 is 0 Å². The van der Waals surface area contributed by atoms with Gasteiger partial charge in [0.15, 0.2) is 0 Å². The minimum absolute atomic E-state index is 0.0654. The molecule has 3 rings (SSSR count). The van der Waals surface area contributed by atoms with E-state index in [1.165, 1.54) is 18.9 Å². The molecule has 2 heterocycles. The molecule has 20 heavy (non-hydrogen) atoms. The van der Waals surface area contributed by atoms with E-state index in [9.17, 15) is 9.59 Å². The van der Waals surface area contributed by atoms with Crippen molar-refractivity contribution in [1.82, 2.24) is 9.88 Å². The van der Waals surface area contributed by atoms with Crippen LogP contribution in [-0.4, -0.2) is 34.9 Å². The summed E-state index contributed by atoms with van der Waals surface area (Å²) in [4.78, 5) is 28.6. The van der Waals surface area contributed by atoms with E-state index in [1.807, 2.05) is 11.8 Å². The lowest BCUT2D eigenvalue weighted by molar-refractivity contribution is 0.0784. The van der Waals surface area contributed by atoms with Crippen LogP contribution in [0.3, 0.4) is 0 Å². The second-order valence-electron chi connectivity index (χ2n) is 5.99. The molecular weight excluding hydrogens is 254 g/mol. The fourth-order valence-electron chi connectivity index (χ4n) is 3.14. The highest BCUT2D eigenvalue weighted by Crippen LogP contribution is 2.41. The van der Waals surface area contributed by atoms with E-state index in [0.717, 1.165) is 12.2 Å². The molecule has 1 saturated heterocycles. The zero-order valence-electron chi connectivity index (χ0n) is 11.8. The summed E-state index contributed by atoms with van der Waals surface area (Å²) in [5.74, 6) is 1.07. The van der Waals surface area contributed by atoms with Crippen LogP contribution in [0.1, 0.15) is 35.8 Å². The van der Waals surface area contributed by atoms with Crippen molar-refractivity contribution in [1.29, 1.82) is 0 Å². The molecule has 3 N–H and O–H groups in total. The van der Waals surface area contributed by atoms with Crippen molar-refractivity contribution in [2.24, 2.45) is 17.6 Å². The molecule has 0 bridgehead atoms. The third kappa shape index (κ3) is 2.50. The van der Waals surface area contributed by atoms with Gasteiger partial charge >= 0.3 is 0 Å². The second kappa shape index (κ2) is 5.05. The average Bonchev–Trinajstić information content (AvgIpc) is 3.20. The third-order valence-electron chi connectivity index (χ3n) is 4.46. The van der Waals surface area contributed by atoms with Gasteiger partial charge in [0, 0.05) is 36.5 Å². The number of aromatic nitrogens is 1. The van der Waals surface area contributed by atoms with Gasteiger partial charge in [0.2, 0.25) is 5.56 Å². The van der Waals surface area contributed by atoms with Gasteiger partial charge in [-0.25, -0.2) is 0 Å². The smallest absolute Gasteiger partial charge is 0.254 e. The first-order valence-corrected chi connectivity index (χ1v) is 7.36. The Morgan fingerprint density at radius 1 is 1.40 bits per heavy atom. The Bertz CT molecular complexity index is 577. The Labute approximate surface area is 118 Å². The van der Waals surface area contributed by atoms with E-state index in [2.05, 4.69) is 4.98 Å². The molecule has 0 unspecified atom stereocenters. The van der Waals surface area contributed by atoms with Gasteiger partial charge in [-0.15, -0.1) is 0 Å². The van der Waals surface area contributed by atoms with Crippen molar-refractivity contribution >= 4 is 5.91 Å². The van der Waals surface area contributed by atoms with Crippen molar-refractivity contribution in [2.45, 2.75) is 32.2 Å². The molecule has 1 aliphatic heterocycles. The molecule has 1 amide bonds. The molecule has 2 aliphatic rings. The first kappa shape index (κ1) is 13.4.